The molecule has 6 heteroatoms. The zero-order valence-electron chi connectivity index (χ0n) is 11.1. The molecule has 2 N–H and O–H groups in total. The first-order valence-corrected chi connectivity index (χ1v) is 9.21. The van der Waals surface area contributed by atoms with Crippen LogP contribution in [0.4, 0.5) is 0 Å². The van der Waals surface area contributed by atoms with Crippen molar-refractivity contribution in [1.29, 1.82) is 0 Å². The van der Waals surface area contributed by atoms with E-state index < -0.39 is 0 Å². The molecule has 0 radical (unpaired) electrons. The van der Waals surface area contributed by atoms with E-state index in [1.807, 2.05) is 12.1 Å². The average molecular weight is 428 g/mol. The zero-order valence-corrected chi connectivity index (χ0v) is 15.1. The summed E-state index contributed by atoms with van der Waals surface area (Å²) in [4.78, 5) is 18.2. The van der Waals surface area contributed by atoms with Gasteiger partial charge >= 0.3 is 5.69 Å². The van der Waals surface area contributed by atoms with Crippen LogP contribution >= 0.6 is 43.6 Å². The van der Waals surface area contributed by atoms with Crippen LogP contribution in [0.3, 0.4) is 0 Å². The minimum atomic E-state index is -0.190. The number of nitrogens with one attached hydrogen (secondary N) is 2. The highest BCUT2D eigenvalue weighted by Gasteiger charge is 2.15. The molecule has 3 nitrogen and oxygen atoms in total. The van der Waals surface area contributed by atoms with Gasteiger partial charge < -0.3 is 9.97 Å². The molecule has 0 saturated heterocycles. The van der Waals surface area contributed by atoms with Gasteiger partial charge in [0, 0.05) is 9.37 Å². The highest BCUT2D eigenvalue weighted by molar-refractivity contribution is 9.11. The van der Waals surface area contributed by atoms with Crippen molar-refractivity contribution in [2.75, 3.05) is 6.26 Å². The van der Waals surface area contributed by atoms with Crippen LogP contribution in [0.15, 0.2) is 50.6 Å². The molecule has 21 heavy (non-hydrogen) atoms. The first-order valence-electron chi connectivity index (χ1n) is 6.28. The number of alkyl halides is 1. The molecule has 2 aromatic carbocycles. The van der Waals surface area contributed by atoms with Gasteiger partial charge in [-0.15, -0.1) is 11.8 Å². The zero-order chi connectivity index (χ0) is 15.0. The molecule has 108 valence electrons. The minimum Gasteiger partial charge on any atom is -0.306 e. The summed E-state index contributed by atoms with van der Waals surface area (Å²) >= 11 is 9.05. The van der Waals surface area contributed by atoms with Crippen molar-refractivity contribution in [3.05, 3.63) is 62.5 Å². The summed E-state index contributed by atoms with van der Waals surface area (Å²) in [5.74, 6) is 0. The quantitative estimate of drug-likeness (QED) is 0.464. The minimum absolute atomic E-state index is 0.0607. The summed E-state index contributed by atoms with van der Waals surface area (Å²) in [6.45, 7) is 0. The van der Waals surface area contributed by atoms with Gasteiger partial charge in [-0.3, -0.25) is 0 Å². The Morgan fingerprint density at radius 3 is 2.33 bits per heavy atom. The smallest absolute Gasteiger partial charge is 0.306 e. The number of H-pyrrole nitrogens is 2. The summed E-state index contributed by atoms with van der Waals surface area (Å²) in [5, 5.41) is 0. The maximum atomic E-state index is 11.4. The lowest BCUT2D eigenvalue weighted by atomic mass is 10.0. The topological polar surface area (TPSA) is 48.6 Å². The van der Waals surface area contributed by atoms with Crippen LogP contribution in [0, 0.1) is 0 Å². The van der Waals surface area contributed by atoms with Gasteiger partial charge in [0.2, 0.25) is 0 Å². The first-order chi connectivity index (χ1) is 10.1. The molecule has 0 bridgehead atoms. The van der Waals surface area contributed by atoms with E-state index >= 15 is 0 Å². The van der Waals surface area contributed by atoms with E-state index in [4.69, 9.17) is 0 Å². The van der Waals surface area contributed by atoms with Gasteiger partial charge in [-0.05, 0) is 41.6 Å². The Morgan fingerprint density at radius 1 is 1.10 bits per heavy atom. The summed E-state index contributed by atoms with van der Waals surface area (Å²) in [5.41, 5.74) is 3.67. The molecule has 0 amide bonds. The number of halogens is 2. The van der Waals surface area contributed by atoms with Crippen molar-refractivity contribution >= 4 is 54.7 Å². The molecule has 1 heterocycles. The van der Waals surface area contributed by atoms with E-state index in [1.54, 1.807) is 11.8 Å². The van der Waals surface area contributed by atoms with Gasteiger partial charge in [0.05, 0.1) is 15.9 Å². The van der Waals surface area contributed by atoms with E-state index in [1.165, 1.54) is 10.5 Å². The van der Waals surface area contributed by atoms with Crippen molar-refractivity contribution in [2.24, 2.45) is 0 Å². The number of aromatic nitrogens is 2. The van der Waals surface area contributed by atoms with E-state index in [0.29, 0.717) is 0 Å². The van der Waals surface area contributed by atoms with Crippen molar-refractivity contribution in [3.63, 3.8) is 0 Å². The number of hydrogen-bond acceptors (Lipinski definition) is 2. The lowest BCUT2D eigenvalue weighted by Gasteiger charge is -2.13. The summed E-state index contributed by atoms with van der Waals surface area (Å²) in [6, 6.07) is 12.4. The number of aromatic amines is 2. The lowest BCUT2D eigenvalue weighted by molar-refractivity contribution is 1.16. The standard InChI is InChI=1S/C15H12Br2N2OS/c1-21-9-4-2-8(3-5-9)14(17)10-6-12-13(7-11(10)16)19-15(20)18-12/h2-7,14H,1H3,(H2,18,19,20). The molecule has 1 unspecified atom stereocenters. The van der Waals surface area contributed by atoms with Crippen LogP contribution in [0.25, 0.3) is 11.0 Å². The normalized spacial score (nSPS) is 12.7. The van der Waals surface area contributed by atoms with Crippen molar-refractivity contribution in [1.82, 2.24) is 9.97 Å². The fourth-order valence-corrected chi connectivity index (χ4v) is 4.19. The third kappa shape index (κ3) is 2.98. The van der Waals surface area contributed by atoms with Crippen molar-refractivity contribution in [3.8, 4) is 0 Å². The van der Waals surface area contributed by atoms with Gasteiger partial charge in [-0.25, -0.2) is 4.79 Å². The van der Waals surface area contributed by atoms with Gasteiger partial charge in [-0.2, -0.15) is 0 Å². The number of hydrogen-bond donors (Lipinski definition) is 2. The number of fused-ring (bicyclic) bond motifs is 1. The maximum absolute atomic E-state index is 11.4. The molecule has 3 rings (SSSR count). The predicted octanol–water partition coefficient (Wildman–Crippen LogP) is 4.82. The highest BCUT2D eigenvalue weighted by Crippen LogP contribution is 2.37. The summed E-state index contributed by atoms with van der Waals surface area (Å²) in [6.07, 6.45) is 2.06. The Morgan fingerprint density at radius 2 is 1.71 bits per heavy atom. The molecule has 1 atom stereocenters. The predicted molar refractivity (Wildman–Crippen MR) is 95.6 cm³/mol. The third-order valence-electron chi connectivity index (χ3n) is 3.31. The Bertz CT molecular complexity index is 839. The van der Waals surface area contributed by atoms with Crippen molar-refractivity contribution < 1.29 is 0 Å². The molecule has 1 aromatic heterocycles. The monoisotopic (exact) mass is 426 g/mol. The van der Waals surface area contributed by atoms with Crippen LogP contribution in [0.1, 0.15) is 16.0 Å². The molecular weight excluding hydrogens is 416 g/mol. The molecule has 3 aromatic rings. The van der Waals surface area contributed by atoms with Crippen LogP contribution < -0.4 is 5.69 Å². The van der Waals surface area contributed by atoms with Crippen LogP contribution in [-0.2, 0) is 0 Å². The van der Waals surface area contributed by atoms with Gasteiger partial charge in [0.1, 0.15) is 0 Å². The Kier molecular flexibility index (Phi) is 4.28. The number of imidazole rings is 1. The van der Waals surface area contributed by atoms with E-state index in [9.17, 15) is 4.79 Å². The van der Waals surface area contributed by atoms with Gasteiger partial charge in [0.15, 0.2) is 0 Å². The molecule has 0 aliphatic carbocycles. The van der Waals surface area contributed by atoms with Crippen LogP contribution in [0.2, 0.25) is 0 Å². The fraction of sp³-hybridized carbons (Fsp3) is 0.133. The van der Waals surface area contributed by atoms with Gasteiger partial charge in [-0.1, -0.05) is 44.0 Å². The second-order valence-electron chi connectivity index (χ2n) is 4.63. The van der Waals surface area contributed by atoms with E-state index in [2.05, 4.69) is 72.3 Å². The fourth-order valence-electron chi connectivity index (χ4n) is 2.22. The number of benzene rings is 2. The van der Waals surface area contributed by atoms with E-state index in [-0.39, 0.29) is 10.5 Å². The Hall–Kier alpha value is -0.980. The Balaban J connectivity index is 2.04. The molecular formula is C15H12Br2N2OS. The van der Waals surface area contributed by atoms with Crippen LogP contribution in [-0.4, -0.2) is 16.2 Å². The maximum Gasteiger partial charge on any atom is 0.323 e. The largest absolute Gasteiger partial charge is 0.323 e. The molecule has 0 saturated carbocycles. The summed E-state index contributed by atoms with van der Waals surface area (Å²) in [7, 11) is 0. The molecule has 0 fully saturated rings. The molecule has 0 aliphatic rings. The van der Waals surface area contributed by atoms with Crippen molar-refractivity contribution in [2.45, 2.75) is 9.72 Å². The number of rotatable bonds is 3. The van der Waals surface area contributed by atoms with Gasteiger partial charge in [0.25, 0.3) is 0 Å². The van der Waals surface area contributed by atoms with E-state index in [0.717, 1.165) is 21.1 Å². The third-order valence-corrected chi connectivity index (χ3v) is 5.77. The SMILES string of the molecule is CSc1ccc(C(Br)c2cc3[nH]c(=O)[nH]c3cc2Br)cc1. The molecule has 0 spiro atoms. The second-order valence-corrected chi connectivity index (χ2v) is 7.28. The lowest BCUT2D eigenvalue weighted by Crippen LogP contribution is -1.99. The molecule has 0 aliphatic heterocycles. The summed E-state index contributed by atoms with van der Waals surface area (Å²) < 4.78 is 0.959. The average Bonchev–Trinajstić information content (AvgIpc) is 2.85. The highest BCUT2D eigenvalue weighted by atomic mass is 79.9. The number of thioether (sulfide) groups is 1. The first kappa shape index (κ1) is 14.9. The van der Waals surface area contributed by atoms with Crippen LogP contribution in [0.5, 0.6) is 0 Å². The second kappa shape index (κ2) is 6.02. The Labute approximate surface area is 142 Å².